The van der Waals surface area contributed by atoms with E-state index >= 15 is 0 Å². The highest BCUT2D eigenvalue weighted by atomic mass is 32.2. The third-order valence-electron chi connectivity index (χ3n) is 6.37. The molecule has 38 heavy (non-hydrogen) atoms. The second-order valence-electron chi connectivity index (χ2n) is 9.23. The van der Waals surface area contributed by atoms with E-state index < -0.39 is 5.41 Å². The summed E-state index contributed by atoms with van der Waals surface area (Å²) in [4.78, 5) is 8.75. The van der Waals surface area contributed by atoms with Crippen LogP contribution in [-0.2, 0) is 5.41 Å². The van der Waals surface area contributed by atoms with Crippen LogP contribution in [0.5, 0.6) is 17.2 Å². The average Bonchev–Trinajstić information content (AvgIpc) is 3.60. The Morgan fingerprint density at radius 2 is 1.68 bits per heavy atom. The summed E-state index contributed by atoms with van der Waals surface area (Å²) < 4.78 is 23.6. The number of halogens is 1. The number of imidazole rings is 2. The molecule has 0 aliphatic rings. The minimum absolute atomic E-state index is 0.177. The van der Waals surface area contributed by atoms with Crippen molar-refractivity contribution < 1.29 is 19.3 Å². The Balaban J connectivity index is 1.35. The third kappa shape index (κ3) is 5.24. The van der Waals surface area contributed by atoms with Gasteiger partial charge in [-0.25, -0.2) is 14.4 Å². The summed E-state index contributed by atoms with van der Waals surface area (Å²) in [5.41, 5.74) is 2.85. The summed E-state index contributed by atoms with van der Waals surface area (Å²) in [5, 5.41) is 20.6. The average molecular weight is 531 g/mol. The summed E-state index contributed by atoms with van der Waals surface area (Å²) in [6.45, 7) is 4.50. The first-order valence-corrected chi connectivity index (χ1v) is 13.0. The Bertz CT molecular complexity index is 1510. The van der Waals surface area contributed by atoms with E-state index in [0.717, 1.165) is 33.5 Å². The second-order valence-corrected chi connectivity index (χ2v) is 10.3. The van der Waals surface area contributed by atoms with Crippen molar-refractivity contribution in [3.8, 4) is 28.6 Å². The van der Waals surface area contributed by atoms with Crippen LogP contribution in [0.2, 0.25) is 0 Å². The van der Waals surface area contributed by atoms with Gasteiger partial charge in [0.15, 0.2) is 16.7 Å². The number of aromatic hydroxyl groups is 2. The number of aromatic nitrogens is 4. The van der Waals surface area contributed by atoms with Gasteiger partial charge in [0.2, 0.25) is 0 Å². The van der Waals surface area contributed by atoms with E-state index in [-0.39, 0.29) is 17.3 Å². The zero-order chi connectivity index (χ0) is 26.7. The number of hydrogen-bond donors (Lipinski definition) is 2. The largest absolute Gasteiger partial charge is 0.504 e. The molecule has 2 aromatic heterocycles. The van der Waals surface area contributed by atoms with Gasteiger partial charge in [-0.1, -0.05) is 31.7 Å². The van der Waals surface area contributed by atoms with Crippen molar-refractivity contribution >= 4 is 11.8 Å². The van der Waals surface area contributed by atoms with E-state index in [2.05, 4.69) is 9.97 Å². The van der Waals surface area contributed by atoms with Crippen LogP contribution in [0, 0.1) is 5.82 Å². The van der Waals surface area contributed by atoms with Crippen molar-refractivity contribution in [1.82, 2.24) is 19.1 Å². The molecule has 0 atom stereocenters. The van der Waals surface area contributed by atoms with Crippen molar-refractivity contribution in [2.75, 3.05) is 12.4 Å². The molecule has 9 heteroatoms. The lowest BCUT2D eigenvalue weighted by atomic mass is 9.81. The number of phenolic OH excluding ortho intramolecular Hbond substituents is 2. The maximum absolute atomic E-state index is 13.7. The molecule has 0 bridgehead atoms. The summed E-state index contributed by atoms with van der Waals surface area (Å²) in [6.07, 6.45) is 7.16. The Kier molecular flexibility index (Phi) is 7.11. The summed E-state index contributed by atoms with van der Waals surface area (Å²) in [6, 6.07) is 18.9. The van der Waals surface area contributed by atoms with Gasteiger partial charge in [-0.3, -0.25) is 4.57 Å². The lowest BCUT2D eigenvalue weighted by Gasteiger charge is -2.27. The van der Waals surface area contributed by atoms with E-state index in [9.17, 15) is 14.6 Å². The molecule has 0 saturated heterocycles. The normalized spacial score (nSPS) is 11.6. The van der Waals surface area contributed by atoms with Crippen LogP contribution in [0.4, 0.5) is 4.39 Å². The molecular formula is C29H27FN4O3S. The molecule has 0 saturated carbocycles. The van der Waals surface area contributed by atoms with Gasteiger partial charge in [-0.2, -0.15) is 0 Å². The Morgan fingerprint density at radius 1 is 0.947 bits per heavy atom. The standard InChI is InChI=1S/C29H27FN4O3S/c1-29(2,20-3-12-25(35)26(36)17-20)27-18-32-28(34(27)23-6-4-21(30)5-7-23)38-16-15-37-24-10-8-22(9-11-24)33-14-13-31-19-33/h3-14,17-19,35-36H,15-16H2,1-2H3. The second kappa shape index (κ2) is 10.6. The monoisotopic (exact) mass is 530 g/mol. The number of phenols is 2. The summed E-state index contributed by atoms with van der Waals surface area (Å²) in [5.74, 6) is 0.726. The Hall–Kier alpha value is -4.24. The molecule has 5 rings (SSSR count). The zero-order valence-electron chi connectivity index (χ0n) is 21.0. The molecule has 3 aromatic carbocycles. The van der Waals surface area contributed by atoms with E-state index in [0.29, 0.717) is 12.4 Å². The lowest BCUT2D eigenvalue weighted by Crippen LogP contribution is -2.23. The SMILES string of the molecule is CC(C)(c1ccc(O)c(O)c1)c1cnc(SCCOc2ccc(-n3ccnc3)cc2)n1-c1ccc(F)cc1. The van der Waals surface area contributed by atoms with Gasteiger partial charge in [-0.05, 0) is 66.2 Å². The van der Waals surface area contributed by atoms with Crippen molar-refractivity contribution in [3.05, 3.63) is 109 Å². The maximum Gasteiger partial charge on any atom is 0.172 e. The first-order valence-electron chi connectivity index (χ1n) is 12.0. The smallest absolute Gasteiger partial charge is 0.172 e. The topological polar surface area (TPSA) is 85.3 Å². The molecule has 0 spiro atoms. The molecular weight excluding hydrogens is 503 g/mol. The van der Waals surface area contributed by atoms with Gasteiger partial charge in [0.05, 0.1) is 24.8 Å². The fraction of sp³-hybridized carbons (Fsp3) is 0.172. The molecule has 194 valence electrons. The zero-order valence-corrected chi connectivity index (χ0v) is 21.8. The van der Waals surface area contributed by atoms with Crippen molar-refractivity contribution in [1.29, 1.82) is 0 Å². The number of nitrogens with zero attached hydrogens (tertiary/aromatic N) is 4. The molecule has 2 N–H and O–H groups in total. The first kappa shape index (κ1) is 25.4. The van der Waals surface area contributed by atoms with Crippen LogP contribution >= 0.6 is 11.8 Å². The highest BCUT2D eigenvalue weighted by Gasteiger charge is 2.30. The third-order valence-corrected chi connectivity index (χ3v) is 7.29. The van der Waals surface area contributed by atoms with Gasteiger partial charge in [0.25, 0.3) is 0 Å². The summed E-state index contributed by atoms with van der Waals surface area (Å²) in [7, 11) is 0. The van der Waals surface area contributed by atoms with E-state index in [1.165, 1.54) is 30.0 Å². The van der Waals surface area contributed by atoms with Crippen LogP contribution in [-0.4, -0.2) is 41.7 Å². The maximum atomic E-state index is 13.7. The summed E-state index contributed by atoms with van der Waals surface area (Å²) >= 11 is 1.54. The number of hydrogen-bond acceptors (Lipinski definition) is 6. The molecule has 0 fully saturated rings. The predicted octanol–water partition coefficient (Wildman–Crippen LogP) is 6.11. The van der Waals surface area contributed by atoms with E-state index in [1.54, 1.807) is 43.0 Å². The highest BCUT2D eigenvalue weighted by Crippen LogP contribution is 2.38. The van der Waals surface area contributed by atoms with Crippen LogP contribution in [0.3, 0.4) is 0 Å². The van der Waals surface area contributed by atoms with Gasteiger partial charge in [0, 0.05) is 34.9 Å². The van der Waals surface area contributed by atoms with Crippen LogP contribution in [0.15, 0.2) is 96.8 Å². The predicted molar refractivity (Wildman–Crippen MR) is 145 cm³/mol. The number of thioether (sulfide) groups is 1. The molecule has 7 nitrogen and oxygen atoms in total. The van der Waals surface area contributed by atoms with Gasteiger partial charge in [0.1, 0.15) is 11.6 Å². The Labute approximate surface area is 224 Å². The van der Waals surface area contributed by atoms with Gasteiger partial charge in [-0.15, -0.1) is 0 Å². The highest BCUT2D eigenvalue weighted by molar-refractivity contribution is 7.99. The van der Waals surface area contributed by atoms with E-state index in [4.69, 9.17) is 4.74 Å². The molecule has 0 aliphatic carbocycles. The van der Waals surface area contributed by atoms with E-state index in [1.807, 2.05) is 53.4 Å². The van der Waals surface area contributed by atoms with Crippen molar-refractivity contribution in [3.63, 3.8) is 0 Å². The van der Waals surface area contributed by atoms with Crippen molar-refractivity contribution in [2.45, 2.75) is 24.4 Å². The number of benzene rings is 3. The lowest BCUT2D eigenvalue weighted by molar-refractivity contribution is 0.344. The fourth-order valence-electron chi connectivity index (χ4n) is 4.20. The quantitative estimate of drug-likeness (QED) is 0.136. The number of rotatable bonds is 9. The first-order chi connectivity index (χ1) is 18.3. The molecule has 2 heterocycles. The molecule has 0 unspecified atom stereocenters. The van der Waals surface area contributed by atoms with Crippen LogP contribution in [0.25, 0.3) is 11.4 Å². The van der Waals surface area contributed by atoms with Crippen LogP contribution < -0.4 is 4.74 Å². The number of ether oxygens (including phenoxy) is 1. The Morgan fingerprint density at radius 3 is 2.37 bits per heavy atom. The molecule has 0 radical (unpaired) electrons. The minimum Gasteiger partial charge on any atom is -0.504 e. The molecule has 0 aliphatic heterocycles. The van der Waals surface area contributed by atoms with Crippen molar-refractivity contribution in [2.24, 2.45) is 0 Å². The minimum atomic E-state index is -0.584. The van der Waals surface area contributed by atoms with Gasteiger partial charge < -0.3 is 19.5 Å². The van der Waals surface area contributed by atoms with Crippen LogP contribution in [0.1, 0.15) is 25.1 Å². The van der Waals surface area contributed by atoms with Gasteiger partial charge >= 0.3 is 0 Å². The fourth-order valence-corrected chi connectivity index (χ4v) is 5.01. The molecule has 5 aromatic rings. The molecule has 0 amide bonds.